The molecule has 0 amide bonds. The summed E-state index contributed by atoms with van der Waals surface area (Å²) in [5, 5.41) is 10.7. The number of hydrogen-bond acceptors (Lipinski definition) is 3. The van der Waals surface area contributed by atoms with Crippen molar-refractivity contribution in [3.63, 3.8) is 0 Å². The summed E-state index contributed by atoms with van der Waals surface area (Å²) in [6.45, 7) is 0. The average molecular weight is 630 g/mol. The molecule has 0 aliphatic rings. The van der Waals surface area contributed by atoms with Crippen LogP contribution in [-0.4, -0.2) is 13.9 Å². The third kappa shape index (κ3) is 4.20. The van der Waals surface area contributed by atoms with Crippen molar-refractivity contribution in [1.82, 2.24) is 13.9 Å². The second-order valence-electron chi connectivity index (χ2n) is 12.3. The number of benzene rings is 8. The molecule has 0 aliphatic carbocycles. The van der Waals surface area contributed by atoms with E-state index in [2.05, 4.69) is 168 Å². The van der Waals surface area contributed by atoms with Gasteiger partial charge in [0.05, 0.1) is 11.0 Å². The van der Waals surface area contributed by atoms with Gasteiger partial charge < -0.3 is 4.57 Å². The number of para-hydroxylation sites is 1. The number of nitrogens with zero attached hydrogens (tertiary/aromatic N) is 3. The van der Waals surface area contributed by atoms with Gasteiger partial charge in [-0.1, -0.05) is 133 Å². The third-order valence-electron chi connectivity index (χ3n) is 9.55. The first kappa shape index (κ1) is 27.1. The summed E-state index contributed by atoms with van der Waals surface area (Å²) in [6, 6.07) is 58.7. The van der Waals surface area contributed by atoms with Crippen molar-refractivity contribution in [2.24, 2.45) is 0 Å². The van der Waals surface area contributed by atoms with E-state index in [-0.39, 0.29) is 0 Å². The minimum atomic E-state index is 0.746. The van der Waals surface area contributed by atoms with Crippen molar-refractivity contribution in [3.8, 4) is 38.8 Å². The van der Waals surface area contributed by atoms with Crippen LogP contribution in [0.4, 0.5) is 0 Å². The molecular weight excluding hydrogens is 603 g/mol. The van der Waals surface area contributed by atoms with Gasteiger partial charge >= 0.3 is 0 Å². The molecule has 2 aromatic heterocycles. The Morgan fingerprint density at radius 1 is 0.438 bits per heavy atom. The van der Waals surface area contributed by atoms with Gasteiger partial charge in [0.15, 0.2) is 5.82 Å². The van der Waals surface area contributed by atoms with E-state index >= 15 is 0 Å². The Kier molecular flexibility index (Phi) is 6.05. The quantitative estimate of drug-likeness (QED) is 0.181. The van der Waals surface area contributed by atoms with Gasteiger partial charge in [0.25, 0.3) is 0 Å². The molecule has 10 rings (SSSR count). The summed E-state index contributed by atoms with van der Waals surface area (Å²) < 4.78 is 7.33. The summed E-state index contributed by atoms with van der Waals surface area (Å²) in [7, 11) is 0. The summed E-state index contributed by atoms with van der Waals surface area (Å²) in [4.78, 5) is 5.20. The highest BCUT2D eigenvalue weighted by atomic mass is 32.1. The maximum absolute atomic E-state index is 5.20. The van der Waals surface area contributed by atoms with Crippen molar-refractivity contribution in [3.05, 3.63) is 164 Å². The zero-order chi connectivity index (χ0) is 31.6. The molecule has 48 heavy (non-hydrogen) atoms. The third-order valence-corrected chi connectivity index (χ3v) is 10.3. The molecule has 3 nitrogen and oxygen atoms in total. The number of aromatic nitrogens is 3. The maximum atomic E-state index is 5.20. The van der Waals surface area contributed by atoms with E-state index < -0.39 is 0 Å². The molecule has 0 bridgehead atoms. The minimum absolute atomic E-state index is 0.746. The van der Waals surface area contributed by atoms with Crippen LogP contribution in [-0.2, 0) is 0 Å². The van der Waals surface area contributed by atoms with Gasteiger partial charge in [0, 0.05) is 27.6 Å². The van der Waals surface area contributed by atoms with Crippen LogP contribution in [0, 0.1) is 0 Å². The lowest BCUT2D eigenvalue weighted by molar-refractivity contribution is 1.18. The van der Waals surface area contributed by atoms with Gasteiger partial charge in [0.2, 0.25) is 0 Å². The highest BCUT2D eigenvalue weighted by molar-refractivity contribution is 7.09. The van der Waals surface area contributed by atoms with Gasteiger partial charge in [-0.2, -0.15) is 4.37 Å². The lowest BCUT2D eigenvalue weighted by Crippen LogP contribution is -1.95. The standard InChI is InChI=1S/C44H27N3S/c1-4-17-34-28(11-1)14-10-21-35(34)31-15-9-16-33(26-31)47-40-22-8-7-20-38(40)39-24-23-32(27-41(39)47)43-45-44(48-46-43)42-36-18-5-2-12-29(36)25-30-13-3-6-19-37(30)42/h1-27H. The highest BCUT2D eigenvalue weighted by Crippen LogP contribution is 2.40. The molecule has 10 aromatic rings. The fourth-order valence-corrected chi connectivity index (χ4v) is 8.12. The molecule has 4 heteroatoms. The Balaban J connectivity index is 1.15. The molecule has 0 aliphatic heterocycles. The first-order chi connectivity index (χ1) is 23.8. The van der Waals surface area contributed by atoms with Crippen molar-refractivity contribution in [1.29, 1.82) is 0 Å². The molecular formula is C44H27N3S. The first-order valence-electron chi connectivity index (χ1n) is 16.2. The summed E-state index contributed by atoms with van der Waals surface area (Å²) in [5.74, 6) is 0.746. The Morgan fingerprint density at radius 2 is 1.08 bits per heavy atom. The van der Waals surface area contributed by atoms with E-state index in [1.165, 1.54) is 71.3 Å². The number of hydrogen-bond donors (Lipinski definition) is 0. The van der Waals surface area contributed by atoms with Crippen LogP contribution < -0.4 is 0 Å². The zero-order valence-corrected chi connectivity index (χ0v) is 26.7. The SMILES string of the molecule is c1cc(-c2cccc3ccccc23)cc(-n2c3ccccc3c3ccc(-c4nsc(-c5c6ccccc6cc6ccccc56)n4)cc32)c1. The van der Waals surface area contributed by atoms with Crippen molar-refractivity contribution in [2.75, 3.05) is 0 Å². The van der Waals surface area contributed by atoms with Crippen molar-refractivity contribution in [2.45, 2.75) is 0 Å². The maximum Gasteiger partial charge on any atom is 0.173 e. The largest absolute Gasteiger partial charge is 0.309 e. The summed E-state index contributed by atoms with van der Waals surface area (Å²) in [6.07, 6.45) is 0. The molecule has 0 unspecified atom stereocenters. The first-order valence-corrected chi connectivity index (χ1v) is 16.9. The number of fused-ring (bicyclic) bond motifs is 6. The molecule has 0 radical (unpaired) electrons. The highest BCUT2D eigenvalue weighted by Gasteiger charge is 2.18. The molecule has 0 saturated heterocycles. The Labute approximate surface area is 281 Å². The fraction of sp³-hybridized carbons (Fsp3) is 0. The smallest absolute Gasteiger partial charge is 0.173 e. The summed E-state index contributed by atoms with van der Waals surface area (Å²) in [5.41, 5.74) is 8.01. The van der Waals surface area contributed by atoms with Crippen LogP contribution in [0.1, 0.15) is 0 Å². The Morgan fingerprint density at radius 3 is 1.90 bits per heavy atom. The monoisotopic (exact) mass is 629 g/mol. The molecule has 0 N–H and O–H groups in total. The number of rotatable bonds is 4. The van der Waals surface area contributed by atoms with E-state index in [0.717, 1.165) is 33.2 Å². The van der Waals surface area contributed by atoms with Crippen LogP contribution in [0.5, 0.6) is 0 Å². The lowest BCUT2D eigenvalue weighted by atomic mass is 9.97. The molecule has 0 atom stereocenters. The summed E-state index contributed by atoms with van der Waals surface area (Å²) >= 11 is 1.47. The average Bonchev–Trinajstić information content (AvgIpc) is 3.77. The van der Waals surface area contributed by atoms with E-state index in [0.29, 0.717) is 0 Å². The Hall–Kier alpha value is -6.10. The van der Waals surface area contributed by atoms with Crippen LogP contribution in [0.25, 0.3) is 92.9 Å². The lowest BCUT2D eigenvalue weighted by Gasteiger charge is -2.12. The van der Waals surface area contributed by atoms with E-state index in [9.17, 15) is 0 Å². The molecule has 224 valence electrons. The normalized spacial score (nSPS) is 11.8. The second kappa shape index (κ2) is 10.7. The van der Waals surface area contributed by atoms with Crippen molar-refractivity contribution >= 4 is 65.7 Å². The van der Waals surface area contributed by atoms with E-state index in [1.807, 2.05) is 0 Å². The van der Waals surface area contributed by atoms with E-state index in [4.69, 9.17) is 9.36 Å². The Bertz CT molecular complexity index is 2800. The van der Waals surface area contributed by atoms with Crippen molar-refractivity contribution < 1.29 is 0 Å². The van der Waals surface area contributed by atoms with Crippen LogP contribution in [0.3, 0.4) is 0 Å². The predicted molar refractivity (Wildman–Crippen MR) is 203 cm³/mol. The van der Waals surface area contributed by atoms with Gasteiger partial charge in [0.1, 0.15) is 5.01 Å². The molecule has 8 aromatic carbocycles. The topological polar surface area (TPSA) is 30.7 Å². The van der Waals surface area contributed by atoms with Gasteiger partial charge in [-0.25, -0.2) is 4.98 Å². The molecule has 2 heterocycles. The van der Waals surface area contributed by atoms with Gasteiger partial charge in [-0.3, -0.25) is 0 Å². The molecule has 0 fully saturated rings. The van der Waals surface area contributed by atoms with Crippen LogP contribution in [0.2, 0.25) is 0 Å². The van der Waals surface area contributed by atoms with Crippen LogP contribution >= 0.6 is 11.5 Å². The molecule has 0 spiro atoms. The second-order valence-corrected chi connectivity index (χ2v) is 13.0. The predicted octanol–water partition coefficient (Wildman–Crippen LogP) is 12.1. The van der Waals surface area contributed by atoms with E-state index in [1.54, 1.807) is 0 Å². The van der Waals surface area contributed by atoms with Crippen LogP contribution in [0.15, 0.2) is 164 Å². The minimum Gasteiger partial charge on any atom is -0.309 e. The zero-order valence-electron chi connectivity index (χ0n) is 25.8. The van der Waals surface area contributed by atoms with Gasteiger partial charge in [-0.15, -0.1) is 0 Å². The van der Waals surface area contributed by atoms with Gasteiger partial charge in [-0.05, 0) is 85.3 Å². The fourth-order valence-electron chi connectivity index (χ4n) is 7.36. The molecule has 0 saturated carbocycles.